The van der Waals surface area contributed by atoms with Gasteiger partial charge in [0.25, 0.3) is 0 Å². The minimum absolute atomic E-state index is 0.0448. The van der Waals surface area contributed by atoms with Crippen LogP contribution in [0.15, 0.2) is 0 Å². The number of nitrogens with two attached hydrogens (primary N) is 1. The number of nitrogens with zero attached hydrogens (tertiary/aromatic N) is 1. The average Bonchev–Trinajstić information content (AvgIpc) is 2.35. The van der Waals surface area contributed by atoms with Gasteiger partial charge in [0.15, 0.2) is 0 Å². The van der Waals surface area contributed by atoms with Crippen LogP contribution in [0.25, 0.3) is 0 Å². The van der Waals surface area contributed by atoms with Gasteiger partial charge in [-0.25, -0.2) is 0 Å². The van der Waals surface area contributed by atoms with Gasteiger partial charge in [0.1, 0.15) is 0 Å². The second kappa shape index (κ2) is 5.92. The van der Waals surface area contributed by atoms with E-state index in [1.807, 2.05) is 0 Å². The lowest BCUT2D eigenvalue weighted by Gasteiger charge is -2.37. The number of halogens is 3. The number of carbonyl (C=O) groups excluding carboxylic acids is 1. The lowest BCUT2D eigenvalue weighted by Crippen LogP contribution is -2.45. The molecule has 2 aliphatic rings. The van der Waals surface area contributed by atoms with Crippen LogP contribution in [-0.2, 0) is 4.79 Å². The second-order valence-electron chi connectivity index (χ2n) is 6.42. The Morgan fingerprint density at radius 1 is 1.25 bits per heavy atom. The summed E-state index contributed by atoms with van der Waals surface area (Å²) in [6.07, 6.45) is -1.16. The Kier molecular flexibility index (Phi) is 4.62. The zero-order chi connectivity index (χ0) is 14.9. The molecule has 0 spiro atoms. The summed E-state index contributed by atoms with van der Waals surface area (Å²) in [6, 6.07) is 0.229. The Morgan fingerprint density at radius 3 is 2.45 bits per heavy atom. The molecule has 20 heavy (non-hydrogen) atoms. The molecule has 1 amide bonds. The largest absolute Gasteiger partial charge is 0.391 e. The standard InChI is InChI=1S/C14H23F3N2O/c1-19(8-9-5-12(18)6-9)13(20)10-3-2-4-11(7-10)14(15,16)17/h9-12H,2-8,18H2,1H3. The van der Waals surface area contributed by atoms with Gasteiger partial charge in [0, 0.05) is 25.6 Å². The molecule has 2 atom stereocenters. The third-order valence-electron chi connectivity index (χ3n) is 4.67. The van der Waals surface area contributed by atoms with Gasteiger partial charge in [-0.2, -0.15) is 13.2 Å². The highest BCUT2D eigenvalue weighted by molar-refractivity contribution is 5.78. The van der Waals surface area contributed by atoms with Gasteiger partial charge in [0.05, 0.1) is 5.92 Å². The second-order valence-corrected chi connectivity index (χ2v) is 6.42. The van der Waals surface area contributed by atoms with Crippen LogP contribution in [0.2, 0.25) is 0 Å². The van der Waals surface area contributed by atoms with Crippen LogP contribution in [0, 0.1) is 17.8 Å². The summed E-state index contributed by atoms with van der Waals surface area (Å²) in [5.74, 6) is -1.48. The SMILES string of the molecule is CN(CC1CC(N)C1)C(=O)C1CCCC(C(F)(F)F)C1. The molecule has 2 unspecified atom stereocenters. The molecule has 0 radical (unpaired) electrons. The Labute approximate surface area is 117 Å². The van der Waals surface area contributed by atoms with Crippen molar-refractivity contribution in [2.24, 2.45) is 23.5 Å². The van der Waals surface area contributed by atoms with Crippen LogP contribution >= 0.6 is 0 Å². The first-order valence-electron chi connectivity index (χ1n) is 7.34. The third-order valence-corrected chi connectivity index (χ3v) is 4.67. The van der Waals surface area contributed by atoms with Crippen molar-refractivity contribution in [2.75, 3.05) is 13.6 Å². The maximum Gasteiger partial charge on any atom is 0.391 e. The monoisotopic (exact) mass is 292 g/mol. The van der Waals surface area contributed by atoms with E-state index in [9.17, 15) is 18.0 Å². The normalized spacial score (nSPS) is 34.5. The van der Waals surface area contributed by atoms with Crippen LogP contribution in [-0.4, -0.2) is 36.6 Å². The lowest BCUT2D eigenvalue weighted by atomic mass is 9.79. The predicted octanol–water partition coefficient (Wildman–Crippen LogP) is 2.55. The fourth-order valence-electron chi connectivity index (χ4n) is 3.44. The molecule has 3 nitrogen and oxygen atoms in total. The van der Waals surface area contributed by atoms with Crippen molar-refractivity contribution in [1.82, 2.24) is 4.90 Å². The molecule has 2 aliphatic carbocycles. The van der Waals surface area contributed by atoms with Crippen LogP contribution in [0.5, 0.6) is 0 Å². The molecule has 0 aromatic heterocycles. The number of carbonyl (C=O) groups is 1. The highest BCUT2D eigenvalue weighted by Crippen LogP contribution is 2.40. The van der Waals surface area contributed by atoms with E-state index in [0.717, 1.165) is 12.8 Å². The fourth-order valence-corrected chi connectivity index (χ4v) is 3.44. The van der Waals surface area contributed by atoms with Crippen LogP contribution < -0.4 is 5.73 Å². The highest BCUT2D eigenvalue weighted by atomic mass is 19.4. The van der Waals surface area contributed by atoms with Gasteiger partial charge < -0.3 is 10.6 Å². The van der Waals surface area contributed by atoms with Gasteiger partial charge in [-0.3, -0.25) is 4.79 Å². The third kappa shape index (κ3) is 3.65. The van der Waals surface area contributed by atoms with E-state index in [1.54, 1.807) is 11.9 Å². The molecule has 0 aromatic carbocycles. The Hall–Kier alpha value is -0.780. The van der Waals surface area contributed by atoms with Crippen LogP contribution in [0.1, 0.15) is 38.5 Å². The summed E-state index contributed by atoms with van der Waals surface area (Å²) in [5, 5.41) is 0. The lowest BCUT2D eigenvalue weighted by molar-refractivity contribution is -0.187. The fraction of sp³-hybridized carbons (Fsp3) is 0.929. The summed E-state index contributed by atoms with van der Waals surface area (Å²) in [5.41, 5.74) is 5.70. The molecule has 2 rings (SSSR count). The average molecular weight is 292 g/mol. The topological polar surface area (TPSA) is 46.3 Å². The number of hydrogen-bond acceptors (Lipinski definition) is 2. The molecule has 0 saturated heterocycles. The summed E-state index contributed by atoms with van der Waals surface area (Å²) in [7, 11) is 1.70. The van der Waals surface area contributed by atoms with Gasteiger partial charge in [-0.1, -0.05) is 6.42 Å². The van der Waals surface area contributed by atoms with E-state index in [1.165, 1.54) is 0 Å². The van der Waals surface area contributed by atoms with Crippen molar-refractivity contribution in [1.29, 1.82) is 0 Å². The zero-order valence-corrected chi connectivity index (χ0v) is 11.8. The van der Waals surface area contributed by atoms with Crippen molar-refractivity contribution in [3.05, 3.63) is 0 Å². The molecule has 2 N–H and O–H groups in total. The molecule has 0 bridgehead atoms. The molecule has 0 aliphatic heterocycles. The van der Waals surface area contributed by atoms with Gasteiger partial charge in [-0.05, 0) is 38.0 Å². The molecule has 116 valence electrons. The van der Waals surface area contributed by atoms with E-state index < -0.39 is 18.0 Å². The summed E-state index contributed by atoms with van der Waals surface area (Å²) < 4.78 is 38.3. The van der Waals surface area contributed by atoms with Gasteiger partial charge in [0.2, 0.25) is 5.91 Å². The van der Waals surface area contributed by atoms with E-state index in [0.29, 0.717) is 25.3 Å². The summed E-state index contributed by atoms with van der Waals surface area (Å²) in [6.45, 7) is 0.625. The first kappa shape index (κ1) is 15.6. The van der Waals surface area contributed by atoms with Crippen molar-refractivity contribution < 1.29 is 18.0 Å². The van der Waals surface area contributed by atoms with Crippen LogP contribution in [0.3, 0.4) is 0 Å². The predicted molar refractivity (Wildman–Crippen MR) is 69.8 cm³/mol. The maximum absolute atomic E-state index is 12.8. The van der Waals surface area contributed by atoms with E-state index in [4.69, 9.17) is 5.73 Å². The summed E-state index contributed by atoms with van der Waals surface area (Å²) in [4.78, 5) is 13.9. The highest BCUT2D eigenvalue weighted by Gasteiger charge is 2.44. The maximum atomic E-state index is 12.8. The number of amides is 1. The number of alkyl halides is 3. The molecule has 6 heteroatoms. The van der Waals surface area contributed by atoms with Crippen molar-refractivity contribution in [2.45, 2.75) is 50.7 Å². The number of rotatable bonds is 3. The van der Waals surface area contributed by atoms with Gasteiger partial charge >= 0.3 is 6.18 Å². The number of hydrogen-bond donors (Lipinski definition) is 1. The Bertz CT molecular complexity index is 353. The molecule has 0 heterocycles. The minimum atomic E-state index is -4.17. The molecule has 2 fully saturated rings. The molecular weight excluding hydrogens is 269 g/mol. The van der Waals surface area contributed by atoms with Gasteiger partial charge in [-0.15, -0.1) is 0 Å². The van der Waals surface area contributed by atoms with E-state index in [2.05, 4.69) is 0 Å². The zero-order valence-electron chi connectivity index (χ0n) is 11.8. The van der Waals surface area contributed by atoms with E-state index in [-0.39, 0.29) is 24.8 Å². The van der Waals surface area contributed by atoms with Crippen molar-refractivity contribution in [3.8, 4) is 0 Å². The van der Waals surface area contributed by atoms with Crippen molar-refractivity contribution in [3.63, 3.8) is 0 Å². The molecule has 0 aromatic rings. The first-order chi connectivity index (χ1) is 9.27. The minimum Gasteiger partial charge on any atom is -0.345 e. The smallest absolute Gasteiger partial charge is 0.345 e. The molecular formula is C14H23F3N2O. The van der Waals surface area contributed by atoms with E-state index >= 15 is 0 Å². The molecule has 2 saturated carbocycles. The Balaban J connectivity index is 1.84. The quantitative estimate of drug-likeness (QED) is 0.869. The van der Waals surface area contributed by atoms with Crippen LogP contribution in [0.4, 0.5) is 13.2 Å². The summed E-state index contributed by atoms with van der Waals surface area (Å²) >= 11 is 0. The Morgan fingerprint density at radius 2 is 1.90 bits per heavy atom. The first-order valence-corrected chi connectivity index (χ1v) is 7.34. The van der Waals surface area contributed by atoms with Crippen molar-refractivity contribution >= 4 is 5.91 Å².